The van der Waals surface area contributed by atoms with Crippen LogP contribution < -0.4 is 4.72 Å². The minimum absolute atomic E-state index is 0.0101. The highest BCUT2D eigenvalue weighted by Gasteiger charge is 2.36. The topological polar surface area (TPSA) is 63.2 Å². The third kappa shape index (κ3) is 5.20. The van der Waals surface area contributed by atoms with E-state index in [0.29, 0.717) is 30.2 Å². The van der Waals surface area contributed by atoms with Gasteiger partial charge in [-0.05, 0) is 36.8 Å². The summed E-state index contributed by atoms with van der Waals surface area (Å²) in [7, 11) is -4.43. The number of halogens is 5. The lowest BCUT2D eigenvalue weighted by Crippen LogP contribution is -2.16. The molecule has 11 heteroatoms. The number of anilines is 1. The number of alkyl halides is 3. The van der Waals surface area contributed by atoms with Gasteiger partial charge >= 0.3 is 6.18 Å². The zero-order valence-electron chi connectivity index (χ0n) is 14.6. The van der Waals surface area contributed by atoms with Crippen molar-refractivity contribution >= 4 is 56.5 Å². The largest absolute Gasteiger partial charge is 0.417 e. The lowest BCUT2D eigenvalue weighted by Gasteiger charge is -2.17. The van der Waals surface area contributed by atoms with Crippen LogP contribution in [0.2, 0.25) is 10.0 Å². The van der Waals surface area contributed by atoms with Crippen molar-refractivity contribution in [2.45, 2.75) is 40.5 Å². The Morgan fingerprint density at radius 2 is 1.86 bits per heavy atom. The quantitative estimate of drug-likeness (QED) is 0.563. The molecule has 2 aromatic rings. The van der Waals surface area contributed by atoms with E-state index in [9.17, 15) is 26.4 Å². The summed E-state index contributed by atoms with van der Waals surface area (Å²) in [6, 6.07) is 7.20. The molecule has 0 aliphatic heterocycles. The van der Waals surface area contributed by atoms with E-state index in [2.05, 4.69) is 4.72 Å². The molecule has 3 rings (SSSR count). The Labute approximate surface area is 179 Å². The third-order valence-electron chi connectivity index (χ3n) is 4.24. The maximum absolute atomic E-state index is 13.1. The molecule has 1 unspecified atom stereocenters. The van der Waals surface area contributed by atoms with E-state index >= 15 is 0 Å². The molecule has 0 aromatic heterocycles. The van der Waals surface area contributed by atoms with Crippen molar-refractivity contribution in [3.63, 3.8) is 0 Å². The van der Waals surface area contributed by atoms with Gasteiger partial charge in [-0.2, -0.15) is 13.2 Å². The van der Waals surface area contributed by atoms with Gasteiger partial charge in [0.1, 0.15) is 10.7 Å². The van der Waals surface area contributed by atoms with Crippen molar-refractivity contribution in [1.82, 2.24) is 0 Å². The average Bonchev–Trinajstić information content (AvgIpc) is 3.01. The van der Waals surface area contributed by atoms with Crippen LogP contribution in [0.1, 0.15) is 24.8 Å². The molecule has 1 saturated carbocycles. The molecular weight excluding hydrogens is 470 g/mol. The molecule has 4 nitrogen and oxygen atoms in total. The highest BCUT2D eigenvalue weighted by Crippen LogP contribution is 2.41. The number of hydrogen-bond acceptors (Lipinski definition) is 4. The van der Waals surface area contributed by atoms with Crippen molar-refractivity contribution in [2.24, 2.45) is 0 Å². The molecule has 0 bridgehead atoms. The van der Waals surface area contributed by atoms with E-state index in [0.717, 1.165) is 12.1 Å². The zero-order valence-corrected chi connectivity index (χ0v) is 17.7. The molecule has 1 atom stereocenters. The third-order valence-corrected chi connectivity index (χ3v) is 7.75. The van der Waals surface area contributed by atoms with E-state index in [4.69, 9.17) is 23.2 Å². The summed E-state index contributed by atoms with van der Waals surface area (Å²) in [5.41, 5.74) is -1.14. The zero-order chi connectivity index (χ0) is 21.4. The smallest absolute Gasteiger partial charge is 0.300 e. The van der Waals surface area contributed by atoms with E-state index < -0.39 is 31.7 Å². The monoisotopic (exact) mass is 483 g/mol. The van der Waals surface area contributed by atoms with Crippen LogP contribution in [-0.4, -0.2) is 19.5 Å². The maximum atomic E-state index is 13.1. The Hall–Kier alpha value is -1.42. The normalized spacial score (nSPS) is 17.6. The second-order valence-corrected chi connectivity index (χ2v) is 10.2. The van der Waals surface area contributed by atoms with Crippen LogP contribution in [0.15, 0.2) is 46.2 Å². The number of thioether (sulfide) groups is 1. The van der Waals surface area contributed by atoms with Crippen LogP contribution in [0.5, 0.6) is 0 Å². The van der Waals surface area contributed by atoms with Crippen molar-refractivity contribution in [1.29, 1.82) is 0 Å². The summed E-state index contributed by atoms with van der Waals surface area (Å²) in [5.74, 6) is 0.134. The SMILES string of the molecule is O=C1CCC(Sc2ccc(Cl)cc2NS(=O)(=O)c2cccc(C(F)(F)F)c2Cl)C1. The summed E-state index contributed by atoms with van der Waals surface area (Å²) >= 11 is 13.1. The summed E-state index contributed by atoms with van der Waals surface area (Å²) < 4.78 is 67.1. The standard InChI is InChI=1S/C18H14Cl2F3NO3S2/c19-10-4-7-15(28-12-6-5-11(25)9-12)14(8-10)24-29(26,27)16-3-1-2-13(17(16)20)18(21,22)23/h1-4,7-8,12,24H,5-6,9H2. The summed E-state index contributed by atoms with van der Waals surface area (Å²) in [6.07, 6.45) is -3.29. The van der Waals surface area contributed by atoms with E-state index in [-0.39, 0.29) is 21.7 Å². The van der Waals surface area contributed by atoms with Gasteiger partial charge < -0.3 is 0 Å². The minimum atomic E-state index is -4.80. The first-order valence-corrected chi connectivity index (χ1v) is 11.5. The van der Waals surface area contributed by atoms with Gasteiger partial charge in [-0.1, -0.05) is 29.3 Å². The molecule has 1 aliphatic rings. The van der Waals surface area contributed by atoms with Gasteiger partial charge in [0.15, 0.2) is 0 Å². The first-order valence-electron chi connectivity index (χ1n) is 8.34. The van der Waals surface area contributed by atoms with Gasteiger partial charge in [-0.25, -0.2) is 8.42 Å². The predicted molar refractivity (Wildman–Crippen MR) is 107 cm³/mol. The fraction of sp³-hybridized carbons (Fsp3) is 0.278. The molecular formula is C18H14Cl2F3NO3S2. The summed E-state index contributed by atoms with van der Waals surface area (Å²) in [4.78, 5) is 11.3. The number of rotatable bonds is 5. The molecule has 0 heterocycles. The van der Waals surface area contributed by atoms with Crippen LogP contribution in [0, 0.1) is 0 Å². The predicted octanol–water partition coefficient (Wildman–Crippen LogP) is 6.03. The van der Waals surface area contributed by atoms with Crippen molar-refractivity contribution in [2.75, 3.05) is 4.72 Å². The molecule has 1 fully saturated rings. The number of hydrogen-bond donors (Lipinski definition) is 1. The lowest BCUT2D eigenvalue weighted by molar-refractivity contribution is -0.137. The van der Waals surface area contributed by atoms with E-state index in [1.54, 1.807) is 12.1 Å². The van der Waals surface area contributed by atoms with Crippen LogP contribution in [0.25, 0.3) is 0 Å². The minimum Gasteiger partial charge on any atom is -0.300 e. The summed E-state index contributed by atoms with van der Waals surface area (Å²) in [6.45, 7) is 0. The number of benzene rings is 2. The van der Waals surface area contributed by atoms with Crippen molar-refractivity contribution < 1.29 is 26.4 Å². The van der Waals surface area contributed by atoms with Crippen LogP contribution in [0.3, 0.4) is 0 Å². The Morgan fingerprint density at radius 3 is 2.48 bits per heavy atom. The Bertz CT molecular complexity index is 1060. The molecule has 0 saturated heterocycles. The van der Waals surface area contributed by atoms with Gasteiger partial charge in [0.2, 0.25) is 0 Å². The highest BCUT2D eigenvalue weighted by molar-refractivity contribution is 8.00. The van der Waals surface area contributed by atoms with Crippen LogP contribution >= 0.6 is 35.0 Å². The Kier molecular flexibility index (Phi) is 6.43. The van der Waals surface area contributed by atoms with E-state index in [1.807, 2.05) is 0 Å². The fourth-order valence-electron chi connectivity index (χ4n) is 2.88. The summed E-state index contributed by atoms with van der Waals surface area (Å²) in [5, 5.41) is -0.682. The molecule has 0 spiro atoms. The second kappa shape index (κ2) is 8.37. The number of Topliss-reactive ketones (excluding diaryl/α,β-unsaturated/α-hetero) is 1. The molecule has 1 N–H and O–H groups in total. The first kappa shape index (κ1) is 22.3. The van der Waals surface area contributed by atoms with Crippen molar-refractivity contribution in [3.05, 3.63) is 52.0 Å². The fourth-order valence-corrected chi connectivity index (χ4v) is 6.08. The van der Waals surface area contributed by atoms with Gasteiger partial charge in [-0.3, -0.25) is 9.52 Å². The number of carbonyl (C=O) groups is 1. The number of ketones is 1. The molecule has 156 valence electrons. The Balaban J connectivity index is 1.95. The first-order chi connectivity index (χ1) is 13.5. The van der Waals surface area contributed by atoms with Crippen LogP contribution in [-0.2, 0) is 21.0 Å². The maximum Gasteiger partial charge on any atom is 0.417 e. The number of carbonyl (C=O) groups excluding carboxylic acids is 1. The molecule has 29 heavy (non-hydrogen) atoms. The second-order valence-electron chi connectivity index (χ2n) is 6.38. The highest BCUT2D eigenvalue weighted by atomic mass is 35.5. The molecule has 2 aromatic carbocycles. The van der Waals surface area contributed by atoms with Gasteiger partial charge in [-0.15, -0.1) is 11.8 Å². The van der Waals surface area contributed by atoms with Crippen LogP contribution in [0.4, 0.5) is 18.9 Å². The molecule has 0 radical (unpaired) electrons. The molecule has 1 aliphatic carbocycles. The number of nitrogens with one attached hydrogen (secondary N) is 1. The van der Waals surface area contributed by atoms with Crippen molar-refractivity contribution in [3.8, 4) is 0 Å². The van der Waals surface area contributed by atoms with Gasteiger partial charge in [0, 0.05) is 28.0 Å². The van der Waals surface area contributed by atoms with Gasteiger partial charge in [0.05, 0.1) is 16.3 Å². The van der Waals surface area contributed by atoms with E-state index in [1.165, 1.54) is 17.8 Å². The lowest BCUT2D eigenvalue weighted by atomic mass is 10.2. The Morgan fingerprint density at radius 1 is 1.14 bits per heavy atom. The molecule has 0 amide bonds. The van der Waals surface area contributed by atoms with Gasteiger partial charge in [0.25, 0.3) is 10.0 Å². The average molecular weight is 484 g/mol. The number of sulfonamides is 1.